The molecule has 2 saturated heterocycles. The van der Waals surface area contributed by atoms with Crippen LogP contribution >= 0.6 is 0 Å². The Morgan fingerprint density at radius 2 is 1.47 bits per heavy atom. The summed E-state index contributed by atoms with van der Waals surface area (Å²) in [6, 6.07) is 6.48. The summed E-state index contributed by atoms with van der Waals surface area (Å²) in [4.78, 5) is 20.1. The van der Waals surface area contributed by atoms with Crippen LogP contribution in [-0.4, -0.2) is 59.3 Å². The number of benzene rings is 2. The lowest BCUT2D eigenvalue weighted by molar-refractivity contribution is -0.133. The Hall–Kier alpha value is -2.44. The van der Waals surface area contributed by atoms with E-state index >= 15 is 0 Å². The van der Waals surface area contributed by atoms with E-state index < -0.39 is 5.54 Å². The lowest BCUT2D eigenvalue weighted by Gasteiger charge is -2.43. The Morgan fingerprint density at radius 1 is 0.912 bits per heavy atom. The van der Waals surface area contributed by atoms with Gasteiger partial charge in [0.25, 0.3) is 0 Å². The number of anilines is 1. The normalized spacial score (nSPS) is 18.4. The van der Waals surface area contributed by atoms with Gasteiger partial charge in [-0.1, -0.05) is 0 Å². The second kappa shape index (κ2) is 9.67. The van der Waals surface area contributed by atoms with Crippen LogP contribution in [-0.2, 0) is 11.3 Å². The highest BCUT2D eigenvalue weighted by Gasteiger charge is 2.53. The summed E-state index contributed by atoms with van der Waals surface area (Å²) in [5, 5.41) is 9.30. The summed E-state index contributed by atoms with van der Waals surface area (Å²) in [7, 11) is 0. The van der Waals surface area contributed by atoms with E-state index in [1.165, 1.54) is 45.5 Å². The van der Waals surface area contributed by atoms with E-state index in [2.05, 4.69) is 44.4 Å². The quantitative estimate of drug-likeness (QED) is 0.685. The molecule has 6 heteroatoms. The van der Waals surface area contributed by atoms with Crippen molar-refractivity contribution in [3.05, 3.63) is 63.5 Å². The van der Waals surface area contributed by atoms with Crippen LogP contribution in [0, 0.1) is 40.4 Å². The van der Waals surface area contributed by atoms with Gasteiger partial charge >= 0.3 is 0 Å². The van der Waals surface area contributed by atoms with E-state index in [1.807, 2.05) is 4.90 Å². The van der Waals surface area contributed by atoms with Crippen LogP contribution in [0.4, 0.5) is 10.1 Å². The van der Waals surface area contributed by atoms with Crippen LogP contribution in [0.25, 0.3) is 0 Å². The molecule has 2 aromatic rings. The number of carbonyl (C=O) groups excluding carboxylic acids is 1. The van der Waals surface area contributed by atoms with Crippen molar-refractivity contribution in [2.75, 3.05) is 37.8 Å². The third kappa shape index (κ3) is 4.22. The summed E-state index contributed by atoms with van der Waals surface area (Å²) >= 11 is 0. The number of halogens is 1. The first kappa shape index (κ1) is 24.7. The third-order valence-electron chi connectivity index (χ3n) is 8.46. The molecule has 5 nitrogen and oxygen atoms in total. The van der Waals surface area contributed by atoms with Crippen LogP contribution in [0.1, 0.15) is 52.6 Å². The van der Waals surface area contributed by atoms with Gasteiger partial charge in [0.05, 0.1) is 6.67 Å². The number of piperidine rings is 1. The number of amides is 1. The van der Waals surface area contributed by atoms with Gasteiger partial charge in [-0.05, 0) is 112 Å². The fraction of sp³-hybridized carbons (Fsp3) is 0.536. The second-order valence-corrected chi connectivity index (χ2v) is 10.1. The Morgan fingerprint density at radius 3 is 2.03 bits per heavy atom. The summed E-state index contributed by atoms with van der Waals surface area (Å²) < 4.78 is 13.6. The molecule has 1 spiro atoms. The fourth-order valence-corrected chi connectivity index (χ4v) is 5.77. The lowest BCUT2D eigenvalue weighted by Crippen LogP contribution is -2.56. The molecule has 1 amide bonds. The molecule has 1 N–H and O–H groups in total. The maximum atomic E-state index is 13.6. The molecule has 0 saturated carbocycles. The smallest absolute Gasteiger partial charge is 0.250 e. The van der Waals surface area contributed by atoms with Gasteiger partial charge in [0.1, 0.15) is 11.4 Å². The van der Waals surface area contributed by atoms with Gasteiger partial charge in [-0.3, -0.25) is 9.69 Å². The van der Waals surface area contributed by atoms with Crippen LogP contribution in [0.15, 0.2) is 24.3 Å². The Bertz CT molecular complexity index is 1030. The summed E-state index contributed by atoms with van der Waals surface area (Å²) in [6.07, 6.45) is 2.04. The first-order valence-corrected chi connectivity index (χ1v) is 12.4. The Kier molecular flexibility index (Phi) is 7.02. The summed E-state index contributed by atoms with van der Waals surface area (Å²) in [5.41, 5.74) is 8.57. The lowest BCUT2D eigenvalue weighted by atomic mass is 9.84. The highest BCUT2D eigenvalue weighted by Crippen LogP contribution is 2.40. The molecule has 0 radical (unpaired) electrons. The molecule has 34 heavy (non-hydrogen) atoms. The minimum absolute atomic E-state index is 0.0647. The van der Waals surface area contributed by atoms with Crippen molar-refractivity contribution in [2.45, 2.75) is 66.0 Å². The maximum absolute atomic E-state index is 13.6. The van der Waals surface area contributed by atoms with Crippen LogP contribution in [0.5, 0.6) is 0 Å². The third-order valence-corrected chi connectivity index (χ3v) is 8.46. The molecule has 4 rings (SSSR count). The van der Waals surface area contributed by atoms with Crippen molar-refractivity contribution in [1.29, 1.82) is 0 Å². The SMILES string of the molecule is Cc1c(C)c(C)c(CN2CCC3(CC2)C(=O)N(CCCO)CN3c2ccc(F)cc2)c(C)c1C. The van der Waals surface area contributed by atoms with Gasteiger partial charge in [0, 0.05) is 38.5 Å². The molecule has 0 bridgehead atoms. The standard InChI is InChI=1S/C28H38FN3O2/c1-19-20(2)22(4)26(23(5)21(19)3)17-30-14-11-28(12-15-30)27(34)31(13-6-16-33)18-32(28)25-9-7-24(29)8-10-25/h7-10,33H,6,11-18H2,1-5H3. The maximum Gasteiger partial charge on any atom is 0.250 e. The van der Waals surface area contributed by atoms with Crippen molar-refractivity contribution in [3.63, 3.8) is 0 Å². The Labute approximate surface area is 203 Å². The zero-order valence-electron chi connectivity index (χ0n) is 21.2. The molecule has 0 aromatic heterocycles. The molecule has 0 aliphatic carbocycles. The largest absolute Gasteiger partial charge is 0.396 e. The second-order valence-electron chi connectivity index (χ2n) is 10.1. The van der Waals surface area contributed by atoms with Gasteiger partial charge in [-0.2, -0.15) is 0 Å². The predicted octanol–water partition coefficient (Wildman–Crippen LogP) is 4.39. The molecule has 2 aliphatic heterocycles. The van der Waals surface area contributed by atoms with E-state index in [1.54, 1.807) is 12.1 Å². The number of likely N-dealkylation sites (tertiary alicyclic amines) is 1. The van der Waals surface area contributed by atoms with Crippen LogP contribution in [0.3, 0.4) is 0 Å². The number of rotatable bonds is 6. The number of hydrogen-bond donors (Lipinski definition) is 1. The number of nitrogens with zero attached hydrogens (tertiary/aromatic N) is 3. The van der Waals surface area contributed by atoms with Crippen molar-refractivity contribution in [2.24, 2.45) is 0 Å². The van der Waals surface area contributed by atoms with E-state index in [-0.39, 0.29) is 18.3 Å². The van der Waals surface area contributed by atoms with Crippen molar-refractivity contribution in [1.82, 2.24) is 9.80 Å². The number of hydrogen-bond acceptors (Lipinski definition) is 4. The molecule has 0 unspecified atom stereocenters. The first-order chi connectivity index (χ1) is 16.2. The number of aliphatic hydroxyl groups excluding tert-OH is 1. The minimum Gasteiger partial charge on any atom is -0.396 e. The molecule has 184 valence electrons. The number of aliphatic hydroxyl groups is 1. The summed E-state index contributed by atoms with van der Waals surface area (Å²) in [5.74, 6) is -0.135. The van der Waals surface area contributed by atoms with Crippen molar-refractivity contribution in [3.8, 4) is 0 Å². The predicted molar refractivity (Wildman–Crippen MR) is 135 cm³/mol. The van der Waals surface area contributed by atoms with Crippen LogP contribution in [0.2, 0.25) is 0 Å². The van der Waals surface area contributed by atoms with E-state index in [9.17, 15) is 14.3 Å². The van der Waals surface area contributed by atoms with Gasteiger partial charge in [-0.15, -0.1) is 0 Å². The van der Waals surface area contributed by atoms with Crippen molar-refractivity contribution < 1.29 is 14.3 Å². The van der Waals surface area contributed by atoms with E-state index in [0.717, 1.165) is 38.2 Å². The summed E-state index contributed by atoms with van der Waals surface area (Å²) in [6.45, 7) is 14.7. The topological polar surface area (TPSA) is 47.0 Å². The van der Waals surface area contributed by atoms with Gasteiger partial charge in [-0.25, -0.2) is 4.39 Å². The molecule has 2 aromatic carbocycles. The zero-order chi connectivity index (χ0) is 24.6. The molecule has 2 fully saturated rings. The van der Waals surface area contributed by atoms with E-state index in [0.29, 0.717) is 19.6 Å². The Balaban J connectivity index is 1.57. The average molecular weight is 468 g/mol. The zero-order valence-corrected chi connectivity index (χ0v) is 21.2. The van der Waals surface area contributed by atoms with Crippen LogP contribution < -0.4 is 4.90 Å². The van der Waals surface area contributed by atoms with Gasteiger partial charge < -0.3 is 14.9 Å². The van der Waals surface area contributed by atoms with Gasteiger partial charge in [0.2, 0.25) is 5.91 Å². The van der Waals surface area contributed by atoms with Gasteiger partial charge in [0.15, 0.2) is 0 Å². The van der Waals surface area contributed by atoms with E-state index in [4.69, 9.17) is 0 Å². The molecule has 2 heterocycles. The molecule has 2 aliphatic rings. The minimum atomic E-state index is -0.604. The first-order valence-electron chi connectivity index (χ1n) is 12.4. The molecular weight excluding hydrogens is 429 g/mol. The fourth-order valence-electron chi connectivity index (χ4n) is 5.77. The van der Waals surface area contributed by atoms with Crippen molar-refractivity contribution >= 4 is 11.6 Å². The number of carbonyl (C=O) groups is 1. The monoisotopic (exact) mass is 467 g/mol. The highest BCUT2D eigenvalue weighted by atomic mass is 19.1. The average Bonchev–Trinajstić information content (AvgIpc) is 3.10. The highest BCUT2D eigenvalue weighted by molar-refractivity contribution is 5.93. The molecule has 0 atom stereocenters. The molecular formula is C28H38FN3O2.